The number of thiophene rings is 1. The molecule has 6 nitrogen and oxygen atoms in total. The van der Waals surface area contributed by atoms with E-state index >= 15 is 0 Å². The third kappa shape index (κ3) is 5.56. The number of carbonyl (C=O) groups excluding carboxylic acids is 1. The number of aryl methyl sites for hydroxylation is 2. The number of hydrogen-bond donors (Lipinski definition) is 0. The smallest absolute Gasteiger partial charge is 0.264 e. The van der Waals surface area contributed by atoms with Gasteiger partial charge in [0.05, 0.1) is 16.8 Å². The van der Waals surface area contributed by atoms with E-state index in [2.05, 4.69) is 24.8 Å². The van der Waals surface area contributed by atoms with Gasteiger partial charge in [0, 0.05) is 48.7 Å². The number of halogens is 1. The number of amides is 1. The molecule has 1 amide bonds. The monoisotopic (exact) mass is 509 g/mol. The molecule has 33 heavy (non-hydrogen) atoms. The van der Waals surface area contributed by atoms with Gasteiger partial charge < -0.3 is 4.90 Å². The molecule has 1 aliphatic carbocycles. The maximum Gasteiger partial charge on any atom is 0.264 e. The van der Waals surface area contributed by atoms with Crippen molar-refractivity contribution in [3.05, 3.63) is 50.2 Å². The number of sulfonamides is 1. The average Bonchev–Trinajstić information content (AvgIpc) is 3.32. The van der Waals surface area contributed by atoms with Gasteiger partial charge in [-0.3, -0.25) is 14.0 Å². The molecule has 0 atom stereocenters. The molecule has 2 aliphatic rings. The summed E-state index contributed by atoms with van der Waals surface area (Å²) in [4.78, 5) is 19.9. The van der Waals surface area contributed by atoms with Crippen LogP contribution in [0.15, 0.2) is 24.3 Å². The lowest BCUT2D eigenvalue weighted by atomic mass is 10.1. The Morgan fingerprint density at radius 1 is 1.03 bits per heavy atom. The van der Waals surface area contributed by atoms with Crippen molar-refractivity contribution in [2.75, 3.05) is 36.7 Å². The summed E-state index contributed by atoms with van der Waals surface area (Å²) < 4.78 is 26.9. The molecule has 1 aromatic carbocycles. The number of anilines is 1. The second-order valence-corrected chi connectivity index (χ2v) is 12.7. The molecule has 4 rings (SSSR count). The van der Waals surface area contributed by atoms with E-state index in [0.29, 0.717) is 42.8 Å². The zero-order chi connectivity index (χ0) is 23.8. The quantitative estimate of drug-likeness (QED) is 0.614. The number of rotatable bonds is 3. The van der Waals surface area contributed by atoms with E-state index in [1.54, 1.807) is 23.5 Å². The number of fused-ring (bicyclic) bond motifs is 2. The first-order valence-corrected chi connectivity index (χ1v) is 14.6. The summed E-state index contributed by atoms with van der Waals surface area (Å²) in [6, 6.07) is 7.69. The van der Waals surface area contributed by atoms with Crippen LogP contribution in [0.3, 0.4) is 0 Å². The Morgan fingerprint density at radius 2 is 1.82 bits per heavy atom. The van der Waals surface area contributed by atoms with Crippen LogP contribution in [0.2, 0.25) is 5.02 Å². The van der Waals surface area contributed by atoms with Crippen molar-refractivity contribution >= 4 is 44.6 Å². The number of nitrogens with zero attached hydrogens (tertiary/aromatic N) is 3. The molecule has 2 heterocycles. The molecular formula is C24H32ClN3O3S2. The fourth-order valence-corrected chi connectivity index (χ4v) is 7.09. The highest BCUT2D eigenvalue weighted by atomic mass is 35.5. The molecule has 2 aromatic rings. The molecule has 0 saturated heterocycles. The zero-order valence-corrected chi connectivity index (χ0v) is 21.9. The lowest BCUT2D eigenvalue weighted by Crippen LogP contribution is -2.41. The summed E-state index contributed by atoms with van der Waals surface area (Å²) in [5.74, 6) is 0.0177. The number of hydrogen-bond acceptors (Lipinski definition) is 5. The first-order valence-electron chi connectivity index (χ1n) is 11.5. The van der Waals surface area contributed by atoms with Crippen molar-refractivity contribution < 1.29 is 13.2 Å². The molecule has 0 bridgehead atoms. The van der Waals surface area contributed by atoms with Crippen molar-refractivity contribution in [3.63, 3.8) is 0 Å². The topological polar surface area (TPSA) is 60.9 Å². The highest BCUT2D eigenvalue weighted by Gasteiger charge is 2.27. The third-order valence-electron chi connectivity index (χ3n) is 6.52. The Balaban J connectivity index is 1.73. The predicted molar refractivity (Wildman–Crippen MR) is 136 cm³/mol. The molecule has 180 valence electrons. The summed E-state index contributed by atoms with van der Waals surface area (Å²) >= 11 is 7.90. The van der Waals surface area contributed by atoms with E-state index in [1.807, 2.05) is 11.0 Å². The van der Waals surface area contributed by atoms with Gasteiger partial charge in [-0.2, -0.15) is 0 Å². The van der Waals surface area contributed by atoms with Crippen molar-refractivity contribution in [1.29, 1.82) is 0 Å². The van der Waals surface area contributed by atoms with Crippen molar-refractivity contribution in [2.24, 2.45) is 0 Å². The summed E-state index contributed by atoms with van der Waals surface area (Å²) in [5.41, 5.74) is 2.66. The Hall–Kier alpha value is -1.61. The highest BCUT2D eigenvalue weighted by molar-refractivity contribution is 7.92. The van der Waals surface area contributed by atoms with E-state index in [9.17, 15) is 13.2 Å². The Kier molecular flexibility index (Phi) is 7.38. The fraction of sp³-hybridized carbons (Fsp3) is 0.542. The van der Waals surface area contributed by atoms with Gasteiger partial charge in [0.25, 0.3) is 5.91 Å². The second kappa shape index (κ2) is 9.94. The molecule has 0 spiro atoms. The van der Waals surface area contributed by atoms with Crippen LogP contribution in [0.1, 0.15) is 52.4 Å². The summed E-state index contributed by atoms with van der Waals surface area (Å²) in [6.45, 7) is 7.08. The summed E-state index contributed by atoms with van der Waals surface area (Å²) in [5, 5.41) is 0.480. The van der Waals surface area contributed by atoms with Crippen LogP contribution < -0.4 is 4.31 Å². The van der Waals surface area contributed by atoms with Crippen LogP contribution in [-0.4, -0.2) is 62.6 Å². The summed E-state index contributed by atoms with van der Waals surface area (Å²) in [6.07, 6.45) is 5.19. The molecule has 9 heteroatoms. The zero-order valence-electron chi connectivity index (χ0n) is 19.5. The Bertz CT molecular complexity index is 1110. The maximum atomic E-state index is 13.6. The second-order valence-electron chi connectivity index (χ2n) is 9.23. The Labute approximate surface area is 206 Å². The highest BCUT2D eigenvalue weighted by Crippen LogP contribution is 2.33. The number of benzene rings is 1. The van der Waals surface area contributed by atoms with Gasteiger partial charge in [0.2, 0.25) is 10.0 Å². The van der Waals surface area contributed by atoms with Gasteiger partial charge in [-0.05, 0) is 68.9 Å². The molecule has 0 fully saturated rings. The molecule has 0 saturated carbocycles. The van der Waals surface area contributed by atoms with E-state index in [0.717, 1.165) is 42.8 Å². The van der Waals surface area contributed by atoms with Gasteiger partial charge in [0.1, 0.15) is 0 Å². The fourth-order valence-electron chi connectivity index (χ4n) is 4.71. The molecule has 0 unspecified atom stereocenters. The van der Waals surface area contributed by atoms with E-state index < -0.39 is 10.0 Å². The van der Waals surface area contributed by atoms with Crippen molar-refractivity contribution in [2.45, 2.75) is 52.1 Å². The SMILES string of the molecule is CC(C)N1CCCN(S(C)(=O)=O)c2cc(Cl)ccc2CN(C(=O)c2cc3c(s2)CCC3)CC1. The molecule has 1 aromatic heterocycles. The van der Waals surface area contributed by atoms with Crippen LogP contribution in [-0.2, 0) is 29.4 Å². The first kappa shape index (κ1) is 24.5. The minimum atomic E-state index is -3.51. The van der Waals surface area contributed by atoms with Gasteiger partial charge >= 0.3 is 0 Å². The van der Waals surface area contributed by atoms with E-state index in [4.69, 9.17) is 11.6 Å². The lowest BCUT2D eigenvalue weighted by molar-refractivity contribution is 0.0717. The third-order valence-corrected chi connectivity index (χ3v) is 9.16. The molecule has 0 radical (unpaired) electrons. The predicted octanol–water partition coefficient (Wildman–Crippen LogP) is 4.41. The maximum absolute atomic E-state index is 13.6. The molecular weight excluding hydrogens is 478 g/mol. The molecule has 1 aliphatic heterocycles. The van der Waals surface area contributed by atoms with E-state index in [1.165, 1.54) is 21.0 Å². The standard InChI is InChI=1S/C24H32ClN3O3S2/c1-17(2)26-10-5-11-28(33(3,30)31)21-15-20(25)9-8-19(21)16-27(13-12-26)24(29)23-14-18-6-4-7-22(18)32-23/h8-9,14-15,17H,4-7,10-13,16H2,1-3H3. The van der Waals surface area contributed by atoms with Crippen LogP contribution in [0, 0.1) is 0 Å². The minimum absolute atomic E-state index is 0.0177. The van der Waals surface area contributed by atoms with Gasteiger partial charge in [-0.15, -0.1) is 11.3 Å². The van der Waals surface area contributed by atoms with Crippen LogP contribution in [0.5, 0.6) is 0 Å². The lowest BCUT2D eigenvalue weighted by Gasteiger charge is -2.30. The van der Waals surface area contributed by atoms with Gasteiger partial charge in [-0.1, -0.05) is 17.7 Å². The van der Waals surface area contributed by atoms with Crippen LogP contribution >= 0.6 is 22.9 Å². The van der Waals surface area contributed by atoms with Crippen molar-refractivity contribution in [3.8, 4) is 0 Å². The van der Waals surface area contributed by atoms with Crippen LogP contribution in [0.4, 0.5) is 5.69 Å². The van der Waals surface area contributed by atoms with Gasteiger partial charge in [-0.25, -0.2) is 8.42 Å². The minimum Gasteiger partial charge on any atom is -0.332 e. The van der Waals surface area contributed by atoms with Crippen LogP contribution in [0.25, 0.3) is 0 Å². The van der Waals surface area contributed by atoms with Gasteiger partial charge in [0.15, 0.2) is 0 Å². The van der Waals surface area contributed by atoms with Crippen molar-refractivity contribution in [1.82, 2.24) is 9.80 Å². The van der Waals surface area contributed by atoms with E-state index in [-0.39, 0.29) is 5.91 Å². The Morgan fingerprint density at radius 3 is 2.52 bits per heavy atom. The number of carbonyl (C=O) groups is 1. The first-order chi connectivity index (χ1) is 15.6. The molecule has 0 N–H and O–H groups in total. The largest absolute Gasteiger partial charge is 0.332 e. The normalized spacial score (nSPS) is 18.2. The summed E-state index contributed by atoms with van der Waals surface area (Å²) in [7, 11) is -3.51. The average molecular weight is 510 g/mol.